The number of carbonyl (C=O) groups is 1. The third kappa shape index (κ3) is 12.0. The highest BCUT2D eigenvalue weighted by Crippen LogP contribution is 2.15. The van der Waals surface area contributed by atoms with Gasteiger partial charge in [0.05, 0.1) is 12.2 Å². The number of amides is 1. The molecule has 0 saturated heterocycles. The lowest BCUT2D eigenvalue weighted by molar-refractivity contribution is -0.0376. The van der Waals surface area contributed by atoms with Crippen LogP contribution in [0.1, 0.15) is 47.0 Å². The molecule has 0 aromatic rings. The maximum Gasteiger partial charge on any atom is 0.407 e. The maximum absolute atomic E-state index is 11.3. The molecule has 0 aliphatic carbocycles. The Kier molecular flexibility index (Phi) is 9.61. The number of ether oxygens (including phenoxy) is 2. The van der Waals surface area contributed by atoms with Gasteiger partial charge in [-0.15, -0.1) is 0 Å². The van der Waals surface area contributed by atoms with Gasteiger partial charge in [0.25, 0.3) is 0 Å². The van der Waals surface area contributed by atoms with Crippen LogP contribution in [0.15, 0.2) is 0 Å². The minimum absolute atomic E-state index is 0.258. The molecule has 5 nitrogen and oxygen atoms in total. The van der Waals surface area contributed by atoms with E-state index in [1.807, 2.05) is 13.8 Å². The SMILES string of the molecule is CC(C)CCOC(C)(C)CCOC(=O)NCCCN. The molecule has 114 valence electrons. The fourth-order valence-electron chi connectivity index (χ4n) is 1.38. The summed E-state index contributed by atoms with van der Waals surface area (Å²) in [6, 6.07) is 0. The first-order valence-electron chi connectivity index (χ1n) is 7.12. The fourth-order valence-corrected chi connectivity index (χ4v) is 1.38. The van der Waals surface area contributed by atoms with Crippen LogP contribution in [0.25, 0.3) is 0 Å². The molecule has 3 N–H and O–H groups in total. The van der Waals surface area contributed by atoms with Crippen molar-refractivity contribution in [2.75, 3.05) is 26.3 Å². The molecule has 0 bridgehead atoms. The van der Waals surface area contributed by atoms with Crippen LogP contribution in [-0.2, 0) is 9.47 Å². The molecule has 19 heavy (non-hydrogen) atoms. The fraction of sp³-hybridized carbons (Fsp3) is 0.929. The lowest BCUT2D eigenvalue weighted by Crippen LogP contribution is -2.31. The summed E-state index contributed by atoms with van der Waals surface area (Å²) >= 11 is 0. The Balaban J connectivity index is 3.64. The molecular formula is C14H30N2O3. The molecule has 0 aromatic heterocycles. The van der Waals surface area contributed by atoms with Crippen molar-refractivity contribution in [1.82, 2.24) is 5.32 Å². The Morgan fingerprint density at radius 1 is 1.32 bits per heavy atom. The molecule has 0 radical (unpaired) electrons. The zero-order chi connectivity index (χ0) is 14.7. The van der Waals surface area contributed by atoms with Crippen LogP contribution in [0.4, 0.5) is 4.79 Å². The summed E-state index contributed by atoms with van der Waals surface area (Å²) in [6.07, 6.45) is 2.12. The summed E-state index contributed by atoms with van der Waals surface area (Å²) in [6.45, 7) is 10.6. The molecule has 5 heteroatoms. The smallest absolute Gasteiger partial charge is 0.407 e. The summed E-state index contributed by atoms with van der Waals surface area (Å²) in [4.78, 5) is 11.3. The average molecular weight is 274 g/mol. The standard InChI is InChI=1S/C14H30N2O3/c1-12(2)6-10-19-14(3,4)7-11-18-13(17)16-9-5-8-15/h12H,5-11,15H2,1-4H3,(H,16,17). The molecule has 0 rings (SSSR count). The predicted octanol–water partition coefficient (Wildman–Crippen LogP) is 2.29. The molecule has 0 fully saturated rings. The van der Waals surface area contributed by atoms with Crippen LogP contribution in [0, 0.1) is 5.92 Å². The van der Waals surface area contributed by atoms with E-state index in [4.69, 9.17) is 15.2 Å². The number of carbonyl (C=O) groups excluding carboxylic acids is 1. The van der Waals surface area contributed by atoms with E-state index in [1.165, 1.54) is 0 Å². The van der Waals surface area contributed by atoms with Gasteiger partial charge in [0.2, 0.25) is 0 Å². The Morgan fingerprint density at radius 3 is 2.58 bits per heavy atom. The van der Waals surface area contributed by atoms with Crippen molar-refractivity contribution in [1.29, 1.82) is 0 Å². The first kappa shape index (κ1) is 18.2. The van der Waals surface area contributed by atoms with E-state index in [9.17, 15) is 4.79 Å². The van der Waals surface area contributed by atoms with Crippen molar-refractivity contribution in [3.05, 3.63) is 0 Å². The van der Waals surface area contributed by atoms with Crippen LogP contribution in [0.3, 0.4) is 0 Å². The van der Waals surface area contributed by atoms with E-state index < -0.39 is 0 Å². The summed E-state index contributed by atoms with van der Waals surface area (Å²) in [5, 5.41) is 2.65. The molecule has 0 spiro atoms. The van der Waals surface area contributed by atoms with E-state index >= 15 is 0 Å². The van der Waals surface area contributed by atoms with Gasteiger partial charge >= 0.3 is 6.09 Å². The van der Waals surface area contributed by atoms with Gasteiger partial charge in [-0.25, -0.2) is 4.79 Å². The number of rotatable bonds is 10. The average Bonchev–Trinajstić information content (AvgIpc) is 2.28. The van der Waals surface area contributed by atoms with E-state index in [1.54, 1.807) is 0 Å². The largest absolute Gasteiger partial charge is 0.449 e. The number of nitrogens with two attached hydrogens (primary N) is 1. The summed E-state index contributed by atoms with van der Waals surface area (Å²) < 4.78 is 10.9. The summed E-state index contributed by atoms with van der Waals surface area (Å²) in [5.74, 6) is 0.639. The summed E-state index contributed by atoms with van der Waals surface area (Å²) in [5.41, 5.74) is 5.07. The zero-order valence-corrected chi connectivity index (χ0v) is 12.8. The Hall–Kier alpha value is -0.810. The minimum Gasteiger partial charge on any atom is -0.449 e. The van der Waals surface area contributed by atoms with Crippen LogP contribution in [-0.4, -0.2) is 38.0 Å². The lowest BCUT2D eigenvalue weighted by Gasteiger charge is -2.25. The number of hydrogen-bond donors (Lipinski definition) is 2. The van der Waals surface area contributed by atoms with Crippen molar-refractivity contribution in [2.45, 2.75) is 52.6 Å². The van der Waals surface area contributed by atoms with Crippen LogP contribution in [0.2, 0.25) is 0 Å². The van der Waals surface area contributed by atoms with Crippen LogP contribution < -0.4 is 11.1 Å². The molecular weight excluding hydrogens is 244 g/mol. The van der Waals surface area contributed by atoms with Gasteiger partial charge in [-0.2, -0.15) is 0 Å². The Morgan fingerprint density at radius 2 is 2.00 bits per heavy atom. The van der Waals surface area contributed by atoms with Crippen molar-refractivity contribution in [3.63, 3.8) is 0 Å². The van der Waals surface area contributed by atoms with E-state index in [0.717, 1.165) is 19.4 Å². The van der Waals surface area contributed by atoms with E-state index in [-0.39, 0.29) is 11.7 Å². The van der Waals surface area contributed by atoms with Crippen molar-refractivity contribution >= 4 is 6.09 Å². The van der Waals surface area contributed by atoms with Crippen LogP contribution >= 0.6 is 0 Å². The van der Waals surface area contributed by atoms with Gasteiger partial charge in [-0.3, -0.25) is 0 Å². The molecule has 0 heterocycles. The second-order valence-electron chi connectivity index (χ2n) is 5.75. The van der Waals surface area contributed by atoms with Gasteiger partial charge in [0.1, 0.15) is 0 Å². The molecule has 0 aromatic carbocycles. The second kappa shape index (κ2) is 10.0. The third-order valence-corrected chi connectivity index (χ3v) is 2.78. The van der Waals surface area contributed by atoms with E-state index in [0.29, 0.717) is 32.0 Å². The second-order valence-corrected chi connectivity index (χ2v) is 5.75. The van der Waals surface area contributed by atoms with Gasteiger partial charge in [-0.1, -0.05) is 13.8 Å². The Bertz CT molecular complexity index is 243. The monoisotopic (exact) mass is 274 g/mol. The Labute approximate surface area is 117 Å². The lowest BCUT2D eigenvalue weighted by atomic mass is 10.1. The summed E-state index contributed by atoms with van der Waals surface area (Å²) in [7, 11) is 0. The van der Waals surface area contributed by atoms with Gasteiger partial charge in [0.15, 0.2) is 0 Å². The number of hydrogen-bond acceptors (Lipinski definition) is 4. The molecule has 1 amide bonds. The number of nitrogens with one attached hydrogen (secondary N) is 1. The highest BCUT2D eigenvalue weighted by Gasteiger charge is 2.19. The van der Waals surface area contributed by atoms with Gasteiger partial charge in [0, 0.05) is 19.6 Å². The van der Waals surface area contributed by atoms with Gasteiger partial charge in [-0.05, 0) is 39.2 Å². The topological polar surface area (TPSA) is 73.6 Å². The predicted molar refractivity (Wildman–Crippen MR) is 77.1 cm³/mol. The molecule has 0 saturated carbocycles. The highest BCUT2D eigenvalue weighted by atomic mass is 16.6. The molecule has 0 aliphatic rings. The van der Waals surface area contributed by atoms with Crippen molar-refractivity contribution in [2.24, 2.45) is 11.7 Å². The maximum atomic E-state index is 11.3. The first-order chi connectivity index (χ1) is 8.87. The van der Waals surface area contributed by atoms with Gasteiger partial charge < -0.3 is 20.5 Å². The minimum atomic E-state index is -0.383. The molecule has 0 atom stereocenters. The third-order valence-electron chi connectivity index (χ3n) is 2.78. The van der Waals surface area contributed by atoms with Crippen LogP contribution in [0.5, 0.6) is 0 Å². The zero-order valence-electron chi connectivity index (χ0n) is 12.8. The van der Waals surface area contributed by atoms with E-state index in [2.05, 4.69) is 19.2 Å². The quantitative estimate of drug-likeness (QED) is 0.599. The van der Waals surface area contributed by atoms with Crippen molar-refractivity contribution in [3.8, 4) is 0 Å². The molecule has 0 aliphatic heterocycles. The molecule has 0 unspecified atom stereocenters. The normalized spacial score (nSPS) is 11.7. The number of alkyl carbamates (subject to hydrolysis) is 1. The first-order valence-corrected chi connectivity index (χ1v) is 7.12. The van der Waals surface area contributed by atoms with Crippen molar-refractivity contribution < 1.29 is 14.3 Å². The highest BCUT2D eigenvalue weighted by molar-refractivity contribution is 5.66.